The molecule has 0 unspecified atom stereocenters. The first-order valence-electron chi connectivity index (χ1n) is 9.77. The van der Waals surface area contributed by atoms with Crippen LogP contribution in [-0.4, -0.2) is 39.7 Å². The van der Waals surface area contributed by atoms with Gasteiger partial charge in [0.2, 0.25) is 0 Å². The van der Waals surface area contributed by atoms with E-state index in [2.05, 4.69) is 30.4 Å². The molecule has 6 rings (SSSR count). The molecule has 0 aliphatic carbocycles. The minimum Gasteiger partial charge on any atom is -0.345 e. The monoisotopic (exact) mass is 428 g/mol. The third-order valence-corrected chi connectivity index (χ3v) is 5.27. The smallest absolute Gasteiger partial charge is 0.153 e. The zero-order valence-corrected chi connectivity index (χ0v) is 16.4. The first kappa shape index (κ1) is 18.3. The average Bonchev–Trinajstić information content (AvgIpc) is 3.54. The highest BCUT2D eigenvalue weighted by molar-refractivity contribution is 5.84. The van der Waals surface area contributed by atoms with Crippen molar-refractivity contribution in [2.24, 2.45) is 0 Å². The van der Waals surface area contributed by atoms with E-state index in [4.69, 9.17) is 0 Å². The first-order valence-corrected chi connectivity index (χ1v) is 9.77. The number of pyridine rings is 1. The van der Waals surface area contributed by atoms with E-state index in [0.717, 1.165) is 22.9 Å². The molecular formula is C22H14F2N8. The molecule has 10 heteroatoms. The summed E-state index contributed by atoms with van der Waals surface area (Å²) in [6.07, 6.45) is 4.40. The molecule has 2 aromatic carbocycles. The maximum atomic E-state index is 15.0. The van der Waals surface area contributed by atoms with Gasteiger partial charge < -0.3 is 4.98 Å². The summed E-state index contributed by atoms with van der Waals surface area (Å²) in [6.45, 7) is 0.316. The van der Waals surface area contributed by atoms with Crippen molar-refractivity contribution in [3.05, 3.63) is 84.6 Å². The number of halogens is 2. The second kappa shape index (κ2) is 7.05. The average molecular weight is 428 g/mol. The van der Waals surface area contributed by atoms with Crippen LogP contribution in [0.2, 0.25) is 0 Å². The molecule has 0 radical (unpaired) electrons. The summed E-state index contributed by atoms with van der Waals surface area (Å²) in [4.78, 5) is 11.4. The summed E-state index contributed by atoms with van der Waals surface area (Å²) in [7, 11) is 0. The Morgan fingerprint density at radius 1 is 0.969 bits per heavy atom. The summed E-state index contributed by atoms with van der Waals surface area (Å²) in [6, 6.07) is 13.5. The number of imidazole rings is 1. The van der Waals surface area contributed by atoms with Gasteiger partial charge in [0.05, 0.1) is 52.7 Å². The van der Waals surface area contributed by atoms with Crippen LogP contribution in [0, 0.1) is 11.6 Å². The van der Waals surface area contributed by atoms with Crippen LogP contribution in [0.3, 0.4) is 0 Å². The molecule has 0 aliphatic heterocycles. The van der Waals surface area contributed by atoms with Gasteiger partial charge in [-0.05, 0) is 48.5 Å². The minimum atomic E-state index is -0.487. The van der Waals surface area contributed by atoms with E-state index >= 15 is 0 Å². The molecule has 0 fully saturated rings. The van der Waals surface area contributed by atoms with E-state index in [1.165, 1.54) is 12.1 Å². The summed E-state index contributed by atoms with van der Waals surface area (Å²) in [5.74, 6) is -0.893. The molecule has 0 aliphatic rings. The molecule has 1 N–H and O–H groups in total. The number of fused-ring (bicyclic) bond motifs is 2. The molecule has 0 saturated carbocycles. The van der Waals surface area contributed by atoms with Crippen LogP contribution >= 0.6 is 0 Å². The Bertz CT molecular complexity index is 1580. The number of H-pyrrole nitrogens is 1. The molecule has 156 valence electrons. The molecule has 0 atom stereocenters. The standard InChI is InChI=1S/C22H14F2N8/c23-14-1-2-15(25-10-14)11-31-20(5-6-28-31)13-7-17(24)22-21(8-13)32(30-29-22)16-3-4-18-19(9-16)27-12-26-18/h1-10,12H,11H2,(H,26,27). The van der Waals surface area contributed by atoms with Crippen LogP contribution < -0.4 is 0 Å². The summed E-state index contributed by atoms with van der Waals surface area (Å²) >= 11 is 0. The lowest BCUT2D eigenvalue weighted by atomic mass is 10.1. The molecule has 0 spiro atoms. The molecule has 6 aromatic rings. The Kier molecular flexibility index (Phi) is 4.03. The molecular weight excluding hydrogens is 414 g/mol. The fourth-order valence-corrected chi connectivity index (χ4v) is 3.73. The van der Waals surface area contributed by atoms with Gasteiger partial charge in [-0.15, -0.1) is 5.10 Å². The lowest BCUT2D eigenvalue weighted by Gasteiger charge is -2.09. The topological polar surface area (TPSA) is 90.1 Å². The zero-order valence-electron chi connectivity index (χ0n) is 16.4. The molecule has 0 bridgehead atoms. The quantitative estimate of drug-likeness (QED) is 0.460. The van der Waals surface area contributed by atoms with E-state index < -0.39 is 11.6 Å². The van der Waals surface area contributed by atoms with Crippen LogP contribution in [0.4, 0.5) is 8.78 Å². The molecule has 8 nitrogen and oxygen atoms in total. The van der Waals surface area contributed by atoms with E-state index in [9.17, 15) is 8.78 Å². The van der Waals surface area contributed by atoms with Crippen molar-refractivity contribution in [1.29, 1.82) is 0 Å². The van der Waals surface area contributed by atoms with Crippen molar-refractivity contribution in [2.75, 3.05) is 0 Å². The number of nitrogens with zero attached hydrogens (tertiary/aromatic N) is 7. The second-order valence-corrected chi connectivity index (χ2v) is 7.27. The van der Waals surface area contributed by atoms with Crippen molar-refractivity contribution in [1.82, 2.24) is 39.7 Å². The number of aromatic amines is 1. The Morgan fingerprint density at radius 2 is 1.91 bits per heavy atom. The van der Waals surface area contributed by atoms with Gasteiger partial charge in [-0.3, -0.25) is 9.67 Å². The summed E-state index contributed by atoms with van der Waals surface area (Å²) in [5, 5.41) is 12.5. The van der Waals surface area contributed by atoms with Crippen LogP contribution in [0.15, 0.2) is 67.3 Å². The highest BCUT2D eigenvalue weighted by atomic mass is 19.1. The van der Waals surface area contributed by atoms with Crippen LogP contribution in [-0.2, 0) is 6.54 Å². The van der Waals surface area contributed by atoms with Gasteiger partial charge >= 0.3 is 0 Å². The van der Waals surface area contributed by atoms with Gasteiger partial charge in [-0.25, -0.2) is 18.4 Å². The highest BCUT2D eigenvalue weighted by Crippen LogP contribution is 2.28. The number of hydrogen-bond acceptors (Lipinski definition) is 5. The Balaban J connectivity index is 1.45. The van der Waals surface area contributed by atoms with Gasteiger partial charge in [-0.2, -0.15) is 5.10 Å². The minimum absolute atomic E-state index is 0.171. The predicted octanol–water partition coefficient (Wildman–Crippen LogP) is 3.88. The van der Waals surface area contributed by atoms with Gasteiger partial charge in [-0.1, -0.05) is 5.21 Å². The summed E-state index contributed by atoms with van der Waals surface area (Å²) < 4.78 is 31.4. The number of aromatic nitrogens is 8. The predicted molar refractivity (Wildman–Crippen MR) is 113 cm³/mol. The number of hydrogen-bond donors (Lipinski definition) is 1. The van der Waals surface area contributed by atoms with Crippen LogP contribution in [0.25, 0.3) is 39.0 Å². The Morgan fingerprint density at radius 3 is 2.78 bits per heavy atom. The zero-order chi connectivity index (χ0) is 21.7. The molecule has 4 aromatic heterocycles. The lowest BCUT2D eigenvalue weighted by Crippen LogP contribution is -2.05. The summed E-state index contributed by atoms with van der Waals surface area (Å²) in [5.41, 5.74) is 5.02. The Hall–Kier alpha value is -4.47. The van der Waals surface area contributed by atoms with Crippen molar-refractivity contribution >= 4 is 22.1 Å². The largest absolute Gasteiger partial charge is 0.345 e. The number of rotatable bonds is 4. The van der Waals surface area contributed by atoms with Crippen molar-refractivity contribution in [3.63, 3.8) is 0 Å². The lowest BCUT2D eigenvalue weighted by molar-refractivity contribution is 0.613. The highest BCUT2D eigenvalue weighted by Gasteiger charge is 2.16. The van der Waals surface area contributed by atoms with Gasteiger partial charge in [0.25, 0.3) is 0 Å². The molecule has 0 saturated heterocycles. The first-order chi connectivity index (χ1) is 15.7. The number of nitrogens with one attached hydrogen (secondary N) is 1. The van der Waals surface area contributed by atoms with E-state index in [0.29, 0.717) is 29.0 Å². The normalized spacial score (nSPS) is 11.6. The fourth-order valence-electron chi connectivity index (χ4n) is 3.73. The van der Waals surface area contributed by atoms with E-state index in [1.807, 2.05) is 24.3 Å². The van der Waals surface area contributed by atoms with E-state index in [-0.39, 0.29) is 5.52 Å². The van der Waals surface area contributed by atoms with E-state index in [1.54, 1.807) is 34.0 Å². The van der Waals surface area contributed by atoms with Gasteiger partial charge in [0.1, 0.15) is 11.3 Å². The molecule has 4 heterocycles. The van der Waals surface area contributed by atoms with Crippen molar-refractivity contribution < 1.29 is 8.78 Å². The third kappa shape index (κ3) is 3.00. The molecule has 0 amide bonds. The van der Waals surface area contributed by atoms with Gasteiger partial charge in [0.15, 0.2) is 5.82 Å². The maximum Gasteiger partial charge on any atom is 0.153 e. The second-order valence-electron chi connectivity index (χ2n) is 7.27. The van der Waals surface area contributed by atoms with Gasteiger partial charge in [0, 0.05) is 11.8 Å². The molecule has 32 heavy (non-hydrogen) atoms. The maximum absolute atomic E-state index is 15.0. The van der Waals surface area contributed by atoms with Crippen molar-refractivity contribution in [3.8, 4) is 16.9 Å². The fraction of sp³-hybridized carbons (Fsp3) is 0.0455. The van der Waals surface area contributed by atoms with Crippen LogP contribution in [0.5, 0.6) is 0 Å². The third-order valence-electron chi connectivity index (χ3n) is 5.27. The Labute approximate surface area is 179 Å². The SMILES string of the molecule is Fc1ccc(Cn2nccc2-c2cc(F)c3nnn(-c4ccc5nc[nH]c5c4)c3c2)nc1. The van der Waals surface area contributed by atoms with Crippen LogP contribution in [0.1, 0.15) is 5.69 Å². The van der Waals surface area contributed by atoms with Crippen molar-refractivity contribution in [2.45, 2.75) is 6.54 Å². The number of benzene rings is 2.